The molecule has 0 atom stereocenters. The summed E-state index contributed by atoms with van der Waals surface area (Å²) >= 11 is 0. The van der Waals surface area contributed by atoms with Crippen LogP contribution in [-0.2, 0) is 0 Å². The Morgan fingerprint density at radius 1 is 1.00 bits per heavy atom. The Bertz CT molecular complexity index is 461. The van der Waals surface area contributed by atoms with Crippen LogP contribution >= 0.6 is 0 Å². The van der Waals surface area contributed by atoms with Crippen LogP contribution in [0.2, 0.25) is 0 Å². The third kappa shape index (κ3) is 5.74. The van der Waals surface area contributed by atoms with Crippen molar-refractivity contribution >= 4 is 6.29 Å². The zero-order valence-corrected chi connectivity index (χ0v) is 12.2. The molecule has 0 saturated carbocycles. The maximum absolute atomic E-state index is 10.7. The first-order valence-corrected chi connectivity index (χ1v) is 6.96. The Hall–Kier alpha value is -2.03. The Labute approximate surface area is 120 Å². The largest absolute Gasteiger partial charge is 0.490 e. The summed E-state index contributed by atoms with van der Waals surface area (Å²) in [4.78, 5) is 10.7. The molecule has 0 N–H and O–H groups in total. The first kappa shape index (κ1) is 16.0. The first-order chi connectivity index (χ1) is 9.81. The standard InChI is InChI=1S/C17H22O3/c1-3-5-6-7-8-9-12-20-16-11-10-15(14-18)13-17(16)19-4-2/h5-6,8-11,13-14H,3-4,7,12H2,1-2H3/b6-5-,9-8-. The minimum absolute atomic E-state index is 0.487. The first-order valence-electron chi connectivity index (χ1n) is 6.96. The van der Waals surface area contributed by atoms with Crippen LogP contribution in [0.3, 0.4) is 0 Å². The van der Waals surface area contributed by atoms with Crippen molar-refractivity contribution in [3.63, 3.8) is 0 Å². The van der Waals surface area contributed by atoms with Crippen molar-refractivity contribution in [3.8, 4) is 11.5 Å². The number of hydrogen-bond donors (Lipinski definition) is 0. The number of allylic oxidation sites excluding steroid dienone is 3. The van der Waals surface area contributed by atoms with Crippen LogP contribution in [0.4, 0.5) is 0 Å². The molecule has 0 aliphatic carbocycles. The molecule has 0 amide bonds. The van der Waals surface area contributed by atoms with E-state index in [-0.39, 0.29) is 0 Å². The van der Waals surface area contributed by atoms with E-state index in [0.29, 0.717) is 30.3 Å². The van der Waals surface area contributed by atoms with Gasteiger partial charge in [-0.25, -0.2) is 0 Å². The van der Waals surface area contributed by atoms with E-state index >= 15 is 0 Å². The normalized spacial score (nSPS) is 11.1. The highest BCUT2D eigenvalue weighted by molar-refractivity contribution is 5.76. The number of carbonyl (C=O) groups excluding carboxylic acids is 1. The van der Waals surface area contributed by atoms with Gasteiger partial charge in [0.1, 0.15) is 12.9 Å². The molecule has 3 nitrogen and oxygen atoms in total. The quantitative estimate of drug-likeness (QED) is 0.500. The van der Waals surface area contributed by atoms with E-state index in [9.17, 15) is 4.79 Å². The van der Waals surface area contributed by atoms with Gasteiger partial charge in [0, 0.05) is 5.56 Å². The summed E-state index contributed by atoms with van der Waals surface area (Å²) in [5.41, 5.74) is 0.584. The van der Waals surface area contributed by atoms with Gasteiger partial charge in [-0.3, -0.25) is 4.79 Å². The molecule has 0 aliphatic rings. The maximum Gasteiger partial charge on any atom is 0.161 e. The Morgan fingerprint density at radius 2 is 1.80 bits per heavy atom. The van der Waals surface area contributed by atoms with Gasteiger partial charge in [0.2, 0.25) is 0 Å². The van der Waals surface area contributed by atoms with E-state index in [1.54, 1.807) is 18.2 Å². The van der Waals surface area contributed by atoms with Crippen molar-refractivity contribution in [2.45, 2.75) is 26.7 Å². The zero-order chi connectivity index (χ0) is 14.6. The Balaban J connectivity index is 2.54. The highest BCUT2D eigenvalue weighted by Gasteiger charge is 2.05. The minimum atomic E-state index is 0.487. The fourth-order valence-electron chi connectivity index (χ4n) is 1.63. The molecular weight excluding hydrogens is 252 g/mol. The molecule has 0 heterocycles. The predicted octanol–water partition coefficient (Wildman–Crippen LogP) is 4.19. The summed E-state index contributed by atoms with van der Waals surface area (Å²) in [5.74, 6) is 1.27. The van der Waals surface area contributed by atoms with Gasteiger partial charge in [-0.05, 0) is 38.0 Å². The molecule has 1 aromatic rings. The fourth-order valence-corrected chi connectivity index (χ4v) is 1.63. The molecule has 20 heavy (non-hydrogen) atoms. The average Bonchev–Trinajstić information content (AvgIpc) is 2.47. The molecule has 108 valence electrons. The lowest BCUT2D eigenvalue weighted by molar-refractivity contribution is 0.112. The number of benzene rings is 1. The monoisotopic (exact) mass is 274 g/mol. The number of hydrogen-bond acceptors (Lipinski definition) is 3. The van der Waals surface area contributed by atoms with Crippen molar-refractivity contribution < 1.29 is 14.3 Å². The van der Waals surface area contributed by atoms with Crippen LogP contribution in [0.15, 0.2) is 42.5 Å². The van der Waals surface area contributed by atoms with Gasteiger partial charge in [-0.2, -0.15) is 0 Å². The van der Waals surface area contributed by atoms with E-state index in [4.69, 9.17) is 9.47 Å². The second kappa shape index (κ2) is 9.84. The molecule has 3 heteroatoms. The highest BCUT2D eigenvalue weighted by Crippen LogP contribution is 2.28. The van der Waals surface area contributed by atoms with Gasteiger partial charge in [0.15, 0.2) is 11.5 Å². The van der Waals surface area contributed by atoms with Crippen LogP contribution in [0.5, 0.6) is 11.5 Å². The summed E-state index contributed by atoms with van der Waals surface area (Å²) in [6.45, 7) is 5.04. The molecule has 0 radical (unpaired) electrons. The van der Waals surface area contributed by atoms with Gasteiger partial charge >= 0.3 is 0 Å². The Morgan fingerprint density at radius 3 is 2.50 bits per heavy atom. The molecule has 0 fully saturated rings. The summed E-state index contributed by atoms with van der Waals surface area (Å²) < 4.78 is 11.1. The van der Waals surface area contributed by atoms with Gasteiger partial charge < -0.3 is 9.47 Å². The van der Waals surface area contributed by atoms with Gasteiger partial charge in [-0.15, -0.1) is 0 Å². The van der Waals surface area contributed by atoms with Gasteiger partial charge in [0.25, 0.3) is 0 Å². The lowest BCUT2D eigenvalue weighted by atomic mass is 10.2. The summed E-state index contributed by atoms with van der Waals surface area (Å²) in [5, 5.41) is 0. The smallest absolute Gasteiger partial charge is 0.161 e. The van der Waals surface area contributed by atoms with Crippen LogP contribution < -0.4 is 9.47 Å². The summed E-state index contributed by atoms with van der Waals surface area (Å²) in [6, 6.07) is 5.18. The van der Waals surface area contributed by atoms with Crippen LogP contribution in [0, 0.1) is 0 Å². The van der Waals surface area contributed by atoms with E-state index < -0.39 is 0 Å². The minimum Gasteiger partial charge on any atom is -0.490 e. The van der Waals surface area contributed by atoms with E-state index in [0.717, 1.165) is 19.1 Å². The summed E-state index contributed by atoms with van der Waals surface area (Å²) in [6.07, 6.45) is 11.1. The molecule has 0 spiro atoms. The second-order valence-corrected chi connectivity index (χ2v) is 4.15. The van der Waals surface area contributed by atoms with Crippen molar-refractivity contribution in [1.29, 1.82) is 0 Å². The van der Waals surface area contributed by atoms with Crippen LogP contribution in [-0.4, -0.2) is 19.5 Å². The third-order valence-electron chi connectivity index (χ3n) is 2.58. The van der Waals surface area contributed by atoms with E-state index in [1.165, 1.54) is 0 Å². The number of carbonyl (C=O) groups is 1. The topological polar surface area (TPSA) is 35.5 Å². The fraction of sp³-hybridized carbons (Fsp3) is 0.353. The number of aldehydes is 1. The van der Waals surface area contributed by atoms with Gasteiger partial charge in [-0.1, -0.05) is 31.2 Å². The van der Waals surface area contributed by atoms with Crippen molar-refractivity contribution in [3.05, 3.63) is 48.1 Å². The molecule has 1 rings (SSSR count). The lowest BCUT2D eigenvalue weighted by Gasteiger charge is -2.10. The van der Waals surface area contributed by atoms with Crippen molar-refractivity contribution in [2.75, 3.05) is 13.2 Å². The second-order valence-electron chi connectivity index (χ2n) is 4.15. The molecule has 0 bridgehead atoms. The van der Waals surface area contributed by atoms with E-state index in [1.807, 2.05) is 13.0 Å². The van der Waals surface area contributed by atoms with Crippen LogP contribution in [0.25, 0.3) is 0 Å². The highest BCUT2D eigenvalue weighted by atomic mass is 16.5. The average molecular weight is 274 g/mol. The predicted molar refractivity (Wildman–Crippen MR) is 81.7 cm³/mol. The van der Waals surface area contributed by atoms with Crippen molar-refractivity contribution in [1.82, 2.24) is 0 Å². The SMILES string of the molecule is CC/C=C\C/C=C\COc1ccc(C=O)cc1OCC. The summed E-state index contributed by atoms with van der Waals surface area (Å²) in [7, 11) is 0. The van der Waals surface area contributed by atoms with Gasteiger partial charge in [0.05, 0.1) is 6.61 Å². The third-order valence-corrected chi connectivity index (χ3v) is 2.58. The van der Waals surface area contributed by atoms with Crippen LogP contribution in [0.1, 0.15) is 37.0 Å². The maximum atomic E-state index is 10.7. The van der Waals surface area contributed by atoms with Crippen molar-refractivity contribution in [2.24, 2.45) is 0 Å². The number of rotatable bonds is 9. The molecule has 0 aromatic heterocycles. The Kier molecular flexibility index (Phi) is 7.89. The lowest BCUT2D eigenvalue weighted by Crippen LogP contribution is -1.99. The zero-order valence-electron chi connectivity index (χ0n) is 12.2. The molecule has 0 aliphatic heterocycles. The van der Waals surface area contributed by atoms with E-state index in [2.05, 4.69) is 25.2 Å². The molecule has 0 unspecified atom stereocenters. The molecular formula is C17H22O3. The molecule has 0 saturated heterocycles. The number of ether oxygens (including phenoxy) is 2. The molecule has 1 aromatic carbocycles.